The second-order valence-corrected chi connectivity index (χ2v) is 4.62. The van der Waals surface area contributed by atoms with Crippen LogP contribution in [0.5, 0.6) is 0 Å². The third-order valence-corrected chi connectivity index (χ3v) is 2.69. The number of carbonyl (C=O) groups is 1. The number of nitrogens with one attached hydrogen (secondary N) is 2. The second-order valence-electron chi connectivity index (χ2n) is 4.62. The summed E-state index contributed by atoms with van der Waals surface area (Å²) in [5.74, 6) is -0.00277. The smallest absolute Gasteiger partial charge is 0.238 e. The van der Waals surface area contributed by atoms with E-state index in [1.165, 1.54) is 5.56 Å². The first-order valence-corrected chi connectivity index (χ1v) is 6.33. The van der Waals surface area contributed by atoms with Gasteiger partial charge in [0.05, 0.1) is 6.54 Å². The fraction of sp³-hybridized carbons (Fsp3) is 0.500. The highest BCUT2D eigenvalue weighted by Gasteiger charge is 2.05. The van der Waals surface area contributed by atoms with E-state index in [0.29, 0.717) is 6.54 Å². The number of aryl methyl sites for hydroxylation is 1. The molecular formula is C14H23N3O. The Balaban J connectivity index is 2.62. The first kappa shape index (κ1) is 14.5. The standard InChI is InChI=1S/C14H23N3O/c1-5-8-15-10-14(18)16-12-7-6-11(2)13(9-12)17(3)4/h6-7,9,15H,5,8,10H2,1-4H3,(H,16,18). The van der Waals surface area contributed by atoms with Crippen LogP contribution in [0.1, 0.15) is 18.9 Å². The highest BCUT2D eigenvalue weighted by Crippen LogP contribution is 2.22. The first-order valence-electron chi connectivity index (χ1n) is 6.33. The van der Waals surface area contributed by atoms with Crippen molar-refractivity contribution in [3.05, 3.63) is 23.8 Å². The molecule has 0 aliphatic rings. The second kappa shape index (κ2) is 7.01. The molecule has 1 aromatic carbocycles. The van der Waals surface area contributed by atoms with Gasteiger partial charge in [0.15, 0.2) is 0 Å². The molecule has 1 aromatic rings. The van der Waals surface area contributed by atoms with Crippen molar-refractivity contribution in [2.45, 2.75) is 20.3 Å². The lowest BCUT2D eigenvalue weighted by atomic mass is 10.1. The number of nitrogens with zero attached hydrogens (tertiary/aromatic N) is 1. The van der Waals surface area contributed by atoms with Crippen LogP contribution in [0.3, 0.4) is 0 Å². The van der Waals surface area contributed by atoms with Gasteiger partial charge in [-0.05, 0) is 37.6 Å². The van der Waals surface area contributed by atoms with E-state index in [1.807, 2.05) is 37.2 Å². The molecule has 0 bridgehead atoms. The molecule has 0 aromatic heterocycles. The zero-order valence-corrected chi connectivity index (χ0v) is 11.7. The Labute approximate surface area is 109 Å². The van der Waals surface area contributed by atoms with Gasteiger partial charge in [-0.2, -0.15) is 0 Å². The van der Waals surface area contributed by atoms with Crippen LogP contribution in [0.15, 0.2) is 18.2 Å². The molecule has 0 aliphatic carbocycles. The van der Waals surface area contributed by atoms with Crippen molar-refractivity contribution >= 4 is 17.3 Å². The van der Waals surface area contributed by atoms with Crippen LogP contribution in [-0.2, 0) is 4.79 Å². The van der Waals surface area contributed by atoms with E-state index >= 15 is 0 Å². The Morgan fingerprint density at radius 1 is 1.33 bits per heavy atom. The van der Waals surface area contributed by atoms with Gasteiger partial charge in [-0.15, -0.1) is 0 Å². The van der Waals surface area contributed by atoms with Crippen molar-refractivity contribution in [1.29, 1.82) is 0 Å². The van der Waals surface area contributed by atoms with Crippen LogP contribution in [-0.4, -0.2) is 33.1 Å². The summed E-state index contributed by atoms with van der Waals surface area (Å²) in [5.41, 5.74) is 3.16. The maximum atomic E-state index is 11.7. The van der Waals surface area contributed by atoms with Gasteiger partial charge >= 0.3 is 0 Å². The van der Waals surface area contributed by atoms with Crippen LogP contribution in [0.2, 0.25) is 0 Å². The van der Waals surface area contributed by atoms with E-state index in [4.69, 9.17) is 0 Å². The van der Waals surface area contributed by atoms with Crippen molar-refractivity contribution in [3.63, 3.8) is 0 Å². The van der Waals surface area contributed by atoms with Gasteiger partial charge in [-0.3, -0.25) is 4.79 Å². The molecule has 0 spiro atoms. The Kier molecular flexibility index (Phi) is 5.65. The maximum Gasteiger partial charge on any atom is 0.238 e. The fourth-order valence-electron chi connectivity index (χ4n) is 1.75. The molecule has 0 unspecified atom stereocenters. The summed E-state index contributed by atoms with van der Waals surface area (Å²) in [7, 11) is 3.99. The molecule has 4 heteroatoms. The van der Waals surface area contributed by atoms with E-state index in [9.17, 15) is 4.79 Å². The van der Waals surface area contributed by atoms with Gasteiger partial charge in [0.25, 0.3) is 0 Å². The summed E-state index contributed by atoms with van der Waals surface area (Å²) in [4.78, 5) is 13.7. The van der Waals surface area contributed by atoms with Crippen molar-refractivity contribution < 1.29 is 4.79 Å². The Morgan fingerprint density at radius 3 is 2.67 bits per heavy atom. The van der Waals surface area contributed by atoms with E-state index in [0.717, 1.165) is 24.3 Å². The molecule has 100 valence electrons. The molecule has 0 aliphatic heterocycles. The normalized spacial score (nSPS) is 10.2. The van der Waals surface area contributed by atoms with Crippen molar-refractivity contribution in [3.8, 4) is 0 Å². The average Bonchev–Trinajstić information content (AvgIpc) is 2.31. The Morgan fingerprint density at radius 2 is 2.06 bits per heavy atom. The number of amides is 1. The topological polar surface area (TPSA) is 44.4 Å². The van der Waals surface area contributed by atoms with Gasteiger partial charge in [0, 0.05) is 25.5 Å². The number of carbonyl (C=O) groups excluding carboxylic acids is 1. The molecule has 0 saturated carbocycles. The first-order chi connectivity index (χ1) is 8.54. The number of rotatable bonds is 6. The minimum absolute atomic E-state index is 0.00277. The minimum Gasteiger partial charge on any atom is -0.377 e. The number of benzene rings is 1. The average molecular weight is 249 g/mol. The lowest BCUT2D eigenvalue weighted by Crippen LogP contribution is -2.28. The maximum absolute atomic E-state index is 11.7. The van der Waals surface area contributed by atoms with Crippen molar-refractivity contribution in [1.82, 2.24) is 5.32 Å². The zero-order valence-electron chi connectivity index (χ0n) is 11.7. The quantitative estimate of drug-likeness (QED) is 0.758. The van der Waals surface area contributed by atoms with Crippen LogP contribution in [0.25, 0.3) is 0 Å². The number of anilines is 2. The number of hydrogen-bond donors (Lipinski definition) is 2. The SMILES string of the molecule is CCCNCC(=O)Nc1ccc(C)c(N(C)C)c1. The van der Waals surface area contributed by atoms with E-state index in [2.05, 4.69) is 24.5 Å². The molecule has 4 nitrogen and oxygen atoms in total. The van der Waals surface area contributed by atoms with E-state index in [-0.39, 0.29) is 5.91 Å². The Hall–Kier alpha value is -1.55. The molecule has 18 heavy (non-hydrogen) atoms. The monoisotopic (exact) mass is 249 g/mol. The van der Waals surface area contributed by atoms with E-state index in [1.54, 1.807) is 0 Å². The molecule has 0 radical (unpaired) electrons. The molecular weight excluding hydrogens is 226 g/mol. The van der Waals surface area contributed by atoms with E-state index < -0.39 is 0 Å². The summed E-state index contributed by atoms with van der Waals surface area (Å²) in [6.45, 7) is 5.36. The van der Waals surface area contributed by atoms with Crippen LogP contribution >= 0.6 is 0 Å². The summed E-state index contributed by atoms with van der Waals surface area (Å²) in [5, 5.41) is 5.98. The molecule has 0 fully saturated rings. The van der Waals surface area contributed by atoms with Gasteiger partial charge in [0.1, 0.15) is 0 Å². The largest absolute Gasteiger partial charge is 0.377 e. The Bertz CT molecular complexity index is 402. The third-order valence-electron chi connectivity index (χ3n) is 2.69. The molecule has 1 rings (SSSR count). The minimum atomic E-state index is -0.00277. The molecule has 0 atom stereocenters. The highest BCUT2D eigenvalue weighted by molar-refractivity contribution is 5.92. The van der Waals surface area contributed by atoms with Gasteiger partial charge in [-0.25, -0.2) is 0 Å². The van der Waals surface area contributed by atoms with Gasteiger partial charge in [-0.1, -0.05) is 13.0 Å². The van der Waals surface area contributed by atoms with Crippen LogP contribution in [0, 0.1) is 6.92 Å². The fourth-order valence-corrected chi connectivity index (χ4v) is 1.75. The summed E-state index contributed by atoms with van der Waals surface area (Å²) < 4.78 is 0. The predicted octanol–water partition coefficient (Wildman–Crippen LogP) is 2.00. The summed E-state index contributed by atoms with van der Waals surface area (Å²) >= 11 is 0. The molecule has 2 N–H and O–H groups in total. The number of hydrogen-bond acceptors (Lipinski definition) is 3. The van der Waals surface area contributed by atoms with Crippen molar-refractivity contribution in [2.24, 2.45) is 0 Å². The zero-order chi connectivity index (χ0) is 13.5. The van der Waals surface area contributed by atoms with Crippen molar-refractivity contribution in [2.75, 3.05) is 37.4 Å². The van der Waals surface area contributed by atoms with Gasteiger partial charge < -0.3 is 15.5 Å². The molecule has 1 amide bonds. The predicted molar refractivity (Wildman–Crippen MR) is 77.3 cm³/mol. The summed E-state index contributed by atoms with van der Waals surface area (Å²) in [6.07, 6.45) is 1.03. The lowest BCUT2D eigenvalue weighted by Gasteiger charge is -2.17. The van der Waals surface area contributed by atoms with Gasteiger partial charge in [0.2, 0.25) is 5.91 Å². The van der Waals surface area contributed by atoms with Crippen LogP contribution < -0.4 is 15.5 Å². The van der Waals surface area contributed by atoms with Crippen LogP contribution in [0.4, 0.5) is 11.4 Å². The summed E-state index contributed by atoms with van der Waals surface area (Å²) in [6, 6.07) is 5.94. The third kappa shape index (κ3) is 4.37. The molecule has 0 saturated heterocycles. The lowest BCUT2D eigenvalue weighted by molar-refractivity contribution is -0.115. The molecule has 0 heterocycles. The highest BCUT2D eigenvalue weighted by atomic mass is 16.1.